The van der Waals surface area contributed by atoms with Gasteiger partial charge < -0.3 is 21.1 Å². The average molecular weight is 227 g/mol. The summed E-state index contributed by atoms with van der Waals surface area (Å²) < 4.78 is 5.15. The first-order chi connectivity index (χ1) is 7.54. The van der Waals surface area contributed by atoms with Gasteiger partial charge in [-0.25, -0.2) is 0 Å². The van der Waals surface area contributed by atoms with Crippen molar-refractivity contribution in [3.8, 4) is 0 Å². The highest BCUT2D eigenvalue weighted by Crippen LogP contribution is 2.24. The molecule has 0 aromatic rings. The lowest BCUT2D eigenvalue weighted by molar-refractivity contribution is -0.141. The fraction of sp³-hybridized carbons (Fsp3) is 0.800. The number of rotatable bonds is 2. The Morgan fingerprint density at radius 3 is 2.75 bits per heavy atom. The lowest BCUT2D eigenvalue weighted by Gasteiger charge is -2.30. The van der Waals surface area contributed by atoms with E-state index in [0.717, 1.165) is 6.42 Å². The molecule has 16 heavy (non-hydrogen) atoms. The average Bonchev–Trinajstić information content (AvgIpc) is 2.85. The van der Waals surface area contributed by atoms with Crippen LogP contribution in [-0.2, 0) is 14.3 Å². The standard InChI is InChI=1S/C10H17N3O3/c11-8(14)7-2-1-4-13(7)9(15)10(12)3-5-16-6-10/h7H,1-6,12H2,(H2,11,14). The number of likely N-dealkylation sites (tertiary alicyclic amines) is 1. The molecule has 2 aliphatic heterocycles. The van der Waals surface area contributed by atoms with Gasteiger partial charge in [0.2, 0.25) is 11.8 Å². The van der Waals surface area contributed by atoms with Gasteiger partial charge in [-0.2, -0.15) is 0 Å². The fourth-order valence-electron chi connectivity index (χ4n) is 2.34. The molecule has 2 unspecified atom stereocenters. The Bertz CT molecular complexity index is 312. The summed E-state index contributed by atoms with van der Waals surface area (Å²) in [5.41, 5.74) is 10.3. The highest BCUT2D eigenvalue weighted by molar-refractivity contribution is 5.92. The van der Waals surface area contributed by atoms with Crippen LogP contribution in [0.2, 0.25) is 0 Å². The van der Waals surface area contributed by atoms with Crippen LogP contribution in [0.25, 0.3) is 0 Å². The molecule has 2 atom stereocenters. The second-order valence-corrected chi connectivity index (χ2v) is 4.52. The van der Waals surface area contributed by atoms with E-state index in [9.17, 15) is 9.59 Å². The lowest BCUT2D eigenvalue weighted by atomic mass is 9.98. The van der Waals surface area contributed by atoms with E-state index in [1.54, 1.807) is 0 Å². The number of primary amides is 1. The highest BCUT2D eigenvalue weighted by atomic mass is 16.5. The summed E-state index contributed by atoms with van der Waals surface area (Å²) in [7, 11) is 0. The van der Waals surface area contributed by atoms with Crippen LogP contribution < -0.4 is 11.5 Å². The van der Waals surface area contributed by atoms with Crippen molar-refractivity contribution in [1.29, 1.82) is 0 Å². The molecule has 0 aromatic carbocycles. The Labute approximate surface area is 93.9 Å². The van der Waals surface area contributed by atoms with Crippen LogP contribution in [0.5, 0.6) is 0 Å². The van der Waals surface area contributed by atoms with Crippen LogP contribution in [0, 0.1) is 0 Å². The van der Waals surface area contributed by atoms with Crippen molar-refractivity contribution < 1.29 is 14.3 Å². The van der Waals surface area contributed by atoms with Crippen LogP contribution in [0.1, 0.15) is 19.3 Å². The first-order valence-electron chi connectivity index (χ1n) is 5.52. The van der Waals surface area contributed by atoms with Gasteiger partial charge in [0.05, 0.1) is 6.61 Å². The lowest BCUT2D eigenvalue weighted by Crippen LogP contribution is -2.58. The zero-order valence-corrected chi connectivity index (χ0v) is 9.15. The van der Waals surface area contributed by atoms with Crippen LogP contribution in [0.3, 0.4) is 0 Å². The van der Waals surface area contributed by atoms with Crippen LogP contribution in [-0.4, -0.2) is 48.1 Å². The third-order valence-corrected chi connectivity index (χ3v) is 3.32. The first-order valence-corrected chi connectivity index (χ1v) is 5.52. The summed E-state index contributed by atoms with van der Waals surface area (Å²) in [5, 5.41) is 0. The molecule has 2 amide bonds. The minimum absolute atomic E-state index is 0.202. The van der Waals surface area contributed by atoms with Gasteiger partial charge in [0.15, 0.2) is 0 Å². The third-order valence-electron chi connectivity index (χ3n) is 3.32. The summed E-state index contributed by atoms with van der Waals surface area (Å²) in [6.07, 6.45) is 1.95. The number of ether oxygens (including phenoxy) is 1. The molecule has 0 radical (unpaired) electrons. The van der Waals surface area contributed by atoms with Gasteiger partial charge in [-0.3, -0.25) is 9.59 Å². The maximum absolute atomic E-state index is 12.2. The topological polar surface area (TPSA) is 98.7 Å². The Hall–Kier alpha value is -1.14. The summed E-state index contributed by atoms with van der Waals surface area (Å²) in [6, 6.07) is -0.492. The van der Waals surface area contributed by atoms with Crippen molar-refractivity contribution in [1.82, 2.24) is 4.90 Å². The largest absolute Gasteiger partial charge is 0.379 e. The SMILES string of the molecule is NC(=O)C1CCCN1C(=O)C1(N)CCOC1. The molecule has 90 valence electrons. The molecular formula is C10H17N3O3. The maximum Gasteiger partial charge on any atom is 0.245 e. The number of hydrogen-bond donors (Lipinski definition) is 2. The normalized spacial score (nSPS) is 34.3. The summed E-state index contributed by atoms with van der Waals surface area (Å²) in [6.45, 7) is 1.29. The van der Waals surface area contributed by atoms with E-state index in [1.165, 1.54) is 4.90 Å². The van der Waals surface area contributed by atoms with E-state index in [2.05, 4.69) is 0 Å². The predicted molar refractivity (Wildman–Crippen MR) is 56.3 cm³/mol. The van der Waals surface area contributed by atoms with E-state index in [1.807, 2.05) is 0 Å². The fourth-order valence-corrected chi connectivity index (χ4v) is 2.34. The number of amides is 2. The van der Waals surface area contributed by atoms with Crippen molar-refractivity contribution in [2.45, 2.75) is 30.8 Å². The van der Waals surface area contributed by atoms with E-state index in [4.69, 9.17) is 16.2 Å². The van der Waals surface area contributed by atoms with Crippen molar-refractivity contribution >= 4 is 11.8 Å². The van der Waals surface area contributed by atoms with Crippen molar-refractivity contribution in [3.63, 3.8) is 0 Å². The number of nitrogens with two attached hydrogens (primary N) is 2. The minimum atomic E-state index is -0.960. The quantitative estimate of drug-likeness (QED) is 0.605. The zero-order chi connectivity index (χ0) is 11.8. The number of carbonyl (C=O) groups excluding carboxylic acids is 2. The van der Waals surface area contributed by atoms with Gasteiger partial charge in [0, 0.05) is 13.2 Å². The highest BCUT2D eigenvalue weighted by Gasteiger charge is 2.45. The van der Waals surface area contributed by atoms with Crippen LogP contribution in [0.4, 0.5) is 0 Å². The Morgan fingerprint density at radius 2 is 2.19 bits per heavy atom. The van der Waals surface area contributed by atoms with E-state index in [-0.39, 0.29) is 12.5 Å². The molecule has 2 rings (SSSR count). The zero-order valence-electron chi connectivity index (χ0n) is 9.15. The Balaban J connectivity index is 2.12. The molecular weight excluding hydrogens is 210 g/mol. The van der Waals surface area contributed by atoms with E-state index < -0.39 is 17.5 Å². The molecule has 0 spiro atoms. The second kappa shape index (κ2) is 4.03. The number of hydrogen-bond acceptors (Lipinski definition) is 4. The first kappa shape index (κ1) is 11.3. The van der Waals surface area contributed by atoms with Crippen molar-refractivity contribution in [3.05, 3.63) is 0 Å². The summed E-state index contributed by atoms with van der Waals surface area (Å²) in [5.74, 6) is -0.653. The van der Waals surface area contributed by atoms with Crippen LogP contribution >= 0.6 is 0 Å². The van der Waals surface area contributed by atoms with Crippen LogP contribution in [0.15, 0.2) is 0 Å². The number of carbonyl (C=O) groups is 2. The van der Waals surface area contributed by atoms with Gasteiger partial charge in [0.25, 0.3) is 0 Å². The van der Waals surface area contributed by atoms with Gasteiger partial charge in [0.1, 0.15) is 11.6 Å². The van der Waals surface area contributed by atoms with Gasteiger partial charge in [-0.1, -0.05) is 0 Å². The summed E-state index contributed by atoms with van der Waals surface area (Å²) in [4.78, 5) is 24.9. The molecule has 0 saturated carbocycles. The van der Waals surface area contributed by atoms with E-state index >= 15 is 0 Å². The molecule has 6 nitrogen and oxygen atoms in total. The van der Waals surface area contributed by atoms with Gasteiger partial charge >= 0.3 is 0 Å². The molecule has 0 bridgehead atoms. The summed E-state index contributed by atoms with van der Waals surface area (Å²) >= 11 is 0. The monoisotopic (exact) mass is 227 g/mol. The van der Waals surface area contributed by atoms with Gasteiger partial charge in [-0.15, -0.1) is 0 Å². The minimum Gasteiger partial charge on any atom is -0.379 e. The molecule has 4 N–H and O–H groups in total. The molecule has 6 heteroatoms. The van der Waals surface area contributed by atoms with E-state index in [0.29, 0.717) is 26.0 Å². The molecule has 2 heterocycles. The second-order valence-electron chi connectivity index (χ2n) is 4.52. The predicted octanol–water partition coefficient (Wildman–Crippen LogP) is -1.42. The smallest absolute Gasteiger partial charge is 0.245 e. The van der Waals surface area contributed by atoms with Crippen molar-refractivity contribution in [2.75, 3.05) is 19.8 Å². The Kier molecular flexibility index (Phi) is 2.86. The molecule has 2 fully saturated rings. The third kappa shape index (κ3) is 1.78. The molecule has 2 aliphatic rings. The number of nitrogens with zero attached hydrogens (tertiary/aromatic N) is 1. The van der Waals surface area contributed by atoms with Crippen molar-refractivity contribution in [2.24, 2.45) is 11.5 Å². The maximum atomic E-state index is 12.2. The Morgan fingerprint density at radius 1 is 1.44 bits per heavy atom. The van der Waals surface area contributed by atoms with Gasteiger partial charge in [-0.05, 0) is 19.3 Å². The molecule has 0 aliphatic carbocycles. The molecule has 0 aromatic heterocycles. The molecule has 2 saturated heterocycles.